The second kappa shape index (κ2) is 6.12. The number of hydrogen-bond acceptors (Lipinski definition) is 4. The smallest absolute Gasteiger partial charge is 0.346 e. The number of esters is 1. The van der Waals surface area contributed by atoms with Crippen molar-refractivity contribution in [1.82, 2.24) is 0 Å². The molecular weight excluding hydrogens is 361 g/mol. The van der Waals surface area contributed by atoms with E-state index in [1.165, 1.54) is 35.2 Å². The number of fused-ring (bicyclic) bond motifs is 5. The van der Waals surface area contributed by atoms with E-state index in [0.717, 1.165) is 6.42 Å². The summed E-state index contributed by atoms with van der Waals surface area (Å²) >= 11 is 0. The van der Waals surface area contributed by atoms with E-state index in [4.69, 9.17) is 4.74 Å². The molecule has 1 saturated carbocycles. The maximum absolute atomic E-state index is 13.8. The van der Waals surface area contributed by atoms with Crippen LogP contribution < -0.4 is 9.64 Å². The minimum absolute atomic E-state index is 0.124. The monoisotopic (exact) mass is 377 g/mol. The number of benzene rings is 2. The summed E-state index contributed by atoms with van der Waals surface area (Å²) in [7, 11) is 0. The fourth-order valence-corrected chi connectivity index (χ4v) is 4.63. The van der Waals surface area contributed by atoms with Crippen molar-refractivity contribution in [2.45, 2.75) is 6.42 Å². The van der Waals surface area contributed by atoms with E-state index in [1.54, 1.807) is 18.2 Å². The van der Waals surface area contributed by atoms with Gasteiger partial charge in [0.2, 0.25) is 11.8 Å². The van der Waals surface area contributed by atoms with E-state index in [0.29, 0.717) is 5.69 Å². The molecule has 0 aromatic heterocycles. The Morgan fingerprint density at radius 3 is 2.32 bits per heavy atom. The minimum Gasteiger partial charge on any atom is -0.423 e. The Hall–Kier alpha value is -3.28. The Labute approximate surface area is 160 Å². The molecule has 1 heterocycles. The number of halogens is 1. The zero-order valence-electron chi connectivity index (χ0n) is 14.7. The Morgan fingerprint density at radius 2 is 1.64 bits per heavy atom. The van der Waals surface area contributed by atoms with Crippen LogP contribution in [0.2, 0.25) is 0 Å². The Balaban J connectivity index is 1.41. The summed E-state index contributed by atoms with van der Waals surface area (Å²) < 4.78 is 19.0. The Bertz CT molecular complexity index is 1020. The second-order valence-electron chi connectivity index (χ2n) is 7.38. The lowest BCUT2D eigenvalue weighted by Gasteiger charge is -2.18. The van der Waals surface area contributed by atoms with Gasteiger partial charge < -0.3 is 4.74 Å². The van der Waals surface area contributed by atoms with Crippen LogP contribution in [0.25, 0.3) is 0 Å². The minimum atomic E-state index is -0.839. The number of imide groups is 1. The highest BCUT2D eigenvalue weighted by Crippen LogP contribution is 2.53. The summed E-state index contributed by atoms with van der Waals surface area (Å²) in [5.41, 5.74) is 0.182. The van der Waals surface area contributed by atoms with E-state index in [2.05, 4.69) is 0 Å². The number of ether oxygens (including phenoxy) is 1. The second-order valence-corrected chi connectivity index (χ2v) is 7.38. The van der Waals surface area contributed by atoms with Crippen molar-refractivity contribution in [3.8, 4) is 5.75 Å². The number of carbonyl (C=O) groups is 3. The zero-order chi connectivity index (χ0) is 19.4. The maximum atomic E-state index is 13.8. The van der Waals surface area contributed by atoms with E-state index < -0.39 is 11.8 Å². The molecule has 5 nitrogen and oxygen atoms in total. The van der Waals surface area contributed by atoms with Crippen molar-refractivity contribution in [2.24, 2.45) is 23.7 Å². The first-order valence-corrected chi connectivity index (χ1v) is 9.17. The molecule has 140 valence electrons. The molecule has 2 bridgehead atoms. The molecule has 0 N–H and O–H groups in total. The number of carbonyl (C=O) groups excluding carboxylic acids is 3. The molecule has 4 atom stereocenters. The number of rotatable bonds is 3. The van der Waals surface area contributed by atoms with Crippen molar-refractivity contribution in [2.75, 3.05) is 4.90 Å². The molecule has 0 unspecified atom stereocenters. The van der Waals surface area contributed by atoms with Crippen molar-refractivity contribution < 1.29 is 23.5 Å². The quantitative estimate of drug-likeness (QED) is 0.356. The fraction of sp³-hybridized carbons (Fsp3) is 0.227. The molecular formula is C22H16FNO4. The highest BCUT2D eigenvalue weighted by molar-refractivity contribution is 6.22. The molecule has 2 amide bonds. The predicted molar refractivity (Wildman–Crippen MR) is 98.0 cm³/mol. The van der Waals surface area contributed by atoms with Gasteiger partial charge in [0.1, 0.15) is 11.6 Å². The van der Waals surface area contributed by atoms with Crippen LogP contribution in [0, 0.1) is 29.5 Å². The first kappa shape index (κ1) is 16.9. The molecule has 2 aliphatic carbocycles. The van der Waals surface area contributed by atoms with Crippen LogP contribution in [0.5, 0.6) is 5.75 Å². The lowest BCUT2D eigenvalue weighted by Crippen LogP contribution is -2.32. The van der Waals surface area contributed by atoms with Crippen LogP contribution >= 0.6 is 0 Å². The third-order valence-corrected chi connectivity index (χ3v) is 5.85. The number of nitrogens with zero attached hydrogens (tertiary/aromatic N) is 1. The fourth-order valence-electron chi connectivity index (χ4n) is 4.63. The number of allylic oxidation sites excluding steroid dienone is 2. The van der Waals surface area contributed by atoms with Gasteiger partial charge in [0.25, 0.3) is 0 Å². The third kappa shape index (κ3) is 2.41. The molecule has 2 fully saturated rings. The topological polar surface area (TPSA) is 63.7 Å². The standard InChI is InChI=1S/C22H16FNO4/c23-17-7-2-1-6-16(17)22(27)28-15-5-3-4-14(11-15)24-20(25)18-12-8-9-13(10-12)19(18)21(24)26/h1-9,11-13,18-19H,10H2/t12-,13+,18+,19-. The first-order valence-electron chi connectivity index (χ1n) is 9.17. The van der Waals surface area contributed by atoms with Crippen LogP contribution in [0.3, 0.4) is 0 Å². The van der Waals surface area contributed by atoms with Crippen LogP contribution in [-0.2, 0) is 9.59 Å². The number of amides is 2. The number of hydrogen-bond donors (Lipinski definition) is 0. The highest BCUT2D eigenvalue weighted by Gasteiger charge is 2.59. The van der Waals surface area contributed by atoms with Gasteiger partial charge in [-0.15, -0.1) is 0 Å². The van der Waals surface area contributed by atoms with Gasteiger partial charge in [0.05, 0.1) is 23.1 Å². The highest BCUT2D eigenvalue weighted by atomic mass is 19.1. The summed E-state index contributed by atoms with van der Waals surface area (Å²) in [6, 6.07) is 11.8. The van der Waals surface area contributed by atoms with Crippen LogP contribution in [-0.4, -0.2) is 17.8 Å². The zero-order valence-corrected chi connectivity index (χ0v) is 14.7. The molecule has 6 heteroatoms. The summed E-state index contributed by atoms with van der Waals surface area (Å²) in [6.07, 6.45) is 4.93. The average molecular weight is 377 g/mol. The molecule has 1 aliphatic heterocycles. The largest absolute Gasteiger partial charge is 0.423 e. The van der Waals surface area contributed by atoms with Crippen molar-refractivity contribution in [1.29, 1.82) is 0 Å². The average Bonchev–Trinajstić information content (AvgIpc) is 3.36. The summed E-state index contributed by atoms with van der Waals surface area (Å²) in [6.45, 7) is 0. The van der Waals surface area contributed by atoms with Crippen LogP contribution in [0.1, 0.15) is 16.8 Å². The molecule has 0 spiro atoms. The van der Waals surface area contributed by atoms with Crippen LogP contribution in [0.15, 0.2) is 60.7 Å². The van der Waals surface area contributed by atoms with Gasteiger partial charge in [-0.2, -0.15) is 0 Å². The van der Waals surface area contributed by atoms with Gasteiger partial charge in [0.15, 0.2) is 0 Å². The van der Waals surface area contributed by atoms with Crippen molar-refractivity contribution in [3.63, 3.8) is 0 Å². The summed E-state index contributed by atoms with van der Waals surface area (Å²) in [4.78, 5) is 39.2. The van der Waals surface area contributed by atoms with E-state index in [1.807, 2.05) is 12.2 Å². The molecule has 2 aromatic rings. The third-order valence-electron chi connectivity index (χ3n) is 5.85. The first-order chi connectivity index (χ1) is 13.5. The number of anilines is 1. The van der Waals surface area contributed by atoms with Crippen molar-refractivity contribution >= 4 is 23.5 Å². The van der Waals surface area contributed by atoms with E-state index >= 15 is 0 Å². The molecule has 5 rings (SSSR count). The van der Waals surface area contributed by atoms with Gasteiger partial charge in [-0.25, -0.2) is 14.1 Å². The van der Waals surface area contributed by atoms with Gasteiger partial charge in [-0.1, -0.05) is 30.4 Å². The molecule has 2 aromatic carbocycles. The van der Waals surface area contributed by atoms with E-state index in [-0.39, 0.29) is 46.8 Å². The SMILES string of the molecule is O=C(Oc1cccc(N2C(=O)[C@@H]3[C@H](C2=O)[C@H]2C=C[C@@H]3C2)c1)c1ccccc1F. The molecule has 0 radical (unpaired) electrons. The van der Waals surface area contributed by atoms with Crippen LogP contribution in [0.4, 0.5) is 10.1 Å². The normalized spacial score (nSPS) is 27.4. The van der Waals surface area contributed by atoms with Gasteiger partial charge >= 0.3 is 5.97 Å². The summed E-state index contributed by atoms with van der Waals surface area (Å²) in [5.74, 6) is -2.13. The summed E-state index contributed by atoms with van der Waals surface area (Å²) in [5, 5.41) is 0. The predicted octanol–water partition coefficient (Wildman–Crippen LogP) is 3.36. The van der Waals surface area contributed by atoms with E-state index in [9.17, 15) is 18.8 Å². The molecule has 28 heavy (non-hydrogen) atoms. The lowest BCUT2D eigenvalue weighted by atomic mass is 9.85. The van der Waals surface area contributed by atoms with Gasteiger partial charge in [0, 0.05) is 6.07 Å². The molecule has 1 saturated heterocycles. The lowest BCUT2D eigenvalue weighted by molar-refractivity contribution is -0.123. The molecule has 3 aliphatic rings. The Morgan fingerprint density at radius 1 is 0.964 bits per heavy atom. The van der Waals surface area contributed by atoms with Gasteiger partial charge in [-0.3, -0.25) is 9.59 Å². The Kier molecular flexibility index (Phi) is 3.69. The van der Waals surface area contributed by atoms with Crippen molar-refractivity contribution in [3.05, 3.63) is 72.1 Å². The van der Waals surface area contributed by atoms with Gasteiger partial charge in [-0.05, 0) is 42.5 Å². The maximum Gasteiger partial charge on any atom is 0.346 e.